The van der Waals surface area contributed by atoms with Crippen LogP contribution < -0.4 is 5.73 Å². The van der Waals surface area contributed by atoms with E-state index in [9.17, 15) is 4.79 Å². The highest BCUT2D eigenvalue weighted by Crippen LogP contribution is 2.18. The molecule has 0 saturated carbocycles. The molecular weight excluding hydrogens is 234 g/mol. The van der Waals surface area contributed by atoms with Crippen molar-refractivity contribution in [2.75, 3.05) is 6.54 Å². The summed E-state index contributed by atoms with van der Waals surface area (Å²) < 4.78 is 0.603. The molecule has 0 aliphatic carbocycles. The topological polar surface area (TPSA) is 63.3 Å². The number of nitrogens with two attached hydrogens (primary N) is 1. The highest BCUT2D eigenvalue weighted by Gasteiger charge is 2.07. The molecule has 0 aliphatic rings. The summed E-state index contributed by atoms with van der Waals surface area (Å²) >= 11 is 3.20. The van der Waals surface area contributed by atoms with Crippen molar-refractivity contribution in [1.82, 2.24) is 0 Å². The molecule has 70 valence electrons. The molecule has 0 spiro atoms. The van der Waals surface area contributed by atoms with Crippen LogP contribution in [-0.4, -0.2) is 17.6 Å². The van der Waals surface area contributed by atoms with E-state index in [-0.39, 0.29) is 5.56 Å². The molecule has 1 aromatic carbocycles. The van der Waals surface area contributed by atoms with Gasteiger partial charge in [-0.05, 0) is 46.6 Å². The van der Waals surface area contributed by atoms with Crippen LogP contribution in [0.4, 0.5) is 0 Å². The van der Waals surface area contributed by atoms with E-state index in [1.54, 1.807) is 18.2 Å². The van der Waals surface area contributed by atoms with Crippen molar-refractivity contribution in [1.29, 1.82) is 0 Å². The summed E-state index contributed by atoms with van der Waals surface area (Å²) in [6.45, 7) is 0.568. The summed E-state index contributed by atoms with van der Waals surface area (Å²) in [5.41, 5.74) is 6.70. The largest absolute Gasteiger partial charge is 0.478 e. The number of hydrogen-bond donors (Lipinski definition) is 2. The number of carboxylic acid groups (broad SMARTS) is 1. The zero-order chi connectivity index (χ0) is 9.84. The third-order valence-electron chi connectivity index (χ3n) is 1.70. The first-order chi connectivity index (χ1) is 6.15. The fourth-order valence-electron chi connectivity index (χ4n) is 1.05. The molecule has 4 heteroatoms. The van der Waals surface area contributed by atoms with E-state index < -0.39 is 5.97 Å². The van der Waals surface area contributed by atoms with Gasteiger partial charge in [0.25, 0.3) is 0 Å². The highest BCUT2D eigenvalue weighted by molar-refractivity contribution is 9.10. The standard InChI is InChI=1S/C9H10BrNO2/c10-8-5-6(3-4-11)1-2-7(8)9(12)13/h1-2,5H,3-4,11H2,(H,12,13). The van der Waals surface area contributed by atoms with E-state index in [1.165, 1.54) is 0 Å². The Kier molecular flexibility index (Phi) is 3.45. The fourth-order valence-corrected chi connectivity index (χ4v) is 1.65. The Labute approximate surface area is 84.7 Å². The van der Waals surface area contributed by atoms with Crippen LogP contribution in [0.25, 0.3) is 0 Å². The van der Waals surface area contributed by atoms with Crippen molar-refractivity contribution in [2.45, 2.75) is 6.42 Å². The zero-order valence-electron chi connectivity index (χ0n) is 6.96. The van der Waals surface area contributed by atoms with E-state index in [1.807, 2.05) is 0 Å². The monoisotopic (exact) mass is 243 g/mol. The fraction of sp³-hybridized carbons (Fsp3) is 0.222. The highest BCUT2D eigenvalue weighted by atomic mass is 79.9. The quantitative estimate of drug-likeness (QED) is 0.849. The Bertz CT molecular complexity index is 325. The van der Waals surface area contributed by atoms with Crippen molar-refractivity contribution in [3.8, 4) is 0 Å². The van der Waals surface area contributed by atoms with Gasteiger partial charge in [-0.15, -0.1) is 0 Å². The van der Waals surface area contributed by atoms with Crippen LogP contribution >= 0.6 is 15.9 Å². The van der Waals surface area contributed by atoms with Gasteiger partial charge in [0.05, 0.1) is 5.56 Å². The predicted octanol–water partition coefficient (Wildman–Crippen LogP) is 1.65. The maximum atomic E-state index is 10.6. The lowest BCUT2D eigenvalue weighted by Gasteiger charge is -2.02. The SMILES string of the molecule is NCCc1ccc(C(=O)O)c(Br)c1. The number of rotatable bonds is 3. The summed E-state index contributed by atoms with van der Waals surface area (Å²) in [5, 5.41) is 8.73. The van der Waals surface area contributed by atoms with Crippen LogP contribution in [0.15, 0.2) is 22.7 Å². The first kappa shape index (κ1) is 10.2. The van der Waals surface area contributed by atoms with Gasteiger partial charge in [0.1, 0.15) is 0 Å². The molecule has 3 nitrogen and oxygen atoms in total. The van der Waals surface area contributed by atoms with Gasteiger partial charge in [0.15, 0.2) is 0 Å². The molecular formula is C9H10BrNO2. The Morgan fingerprint density at radius 3 is 2.69 bits per heavy atom. The minimum atomic E-state index is -0.925. The van der Waals surface area contributed by atoms with Crippen molar-refractivity contribution < 1.29 is 9.90 Å². The lowest BCUT2D eigenvalue weighted by molar-refractivity contribution is 0.0696. The van der Waals surface area contributed by atoms with Gasteiger partial charge in [-0.2, -0.15) is 0 Å². The average Bonchev–Trinajstić information content (AvgIpc) is 2.04. The third kappa shape index (κ3) is 2.54. The van der Waals surface area contributed by atoms with Crippen LogP contribution in [0.2, 0.25) is 0 Å². The normalized spacial score (nSPS) is 10.0. The van der Waals surface area contributed by atoms with Crippen molar-refractivity contribution in [3.05, 3.63) is 33.8 Å². The lowest BCUT2D eigenvalue weighted by Crippen LogP contribution is -2.04. The first-order valence-electron chi connectivity index (χ1n) is 3.87. The molecule has 0 heterocycles. The molecule has 1 rings (SSSR count). The number of aromatic carboxylic acids is 1. The van der Waals surface area contributed by atoms with E-state index in [4.69, 9.17) is 10.8 Å². The Morgan fingerprint density at radius 1 is 1.54 bits per heavy atom. The van der Waals surface area contributed by atoms with Gasteiger partial charge in [-0.3, -0.25) is 0 Å². The molecule has 0 amide bonds. The lowest BCUT2D eigenvalue weighted by atomic mass is 10.1. The van der Waals surface area contributed by atoms with Crippen LogP contribution in [-0.2, 0) is 6.42 Å². The van der Waals surface area contributed by atoms with E-state index in [0.717, 1.165) is 12.0 Å². The molecule has 0 aromatic heterocycles. The summed E-state index contributed by atoms with van der Waals surface area (Å²) in [4.78, 5) is 10.6. The minimum absolute atomic E-state index is 0.278. The van der Waals surface area contributed by atoms with Gasteiger partial charge < -0.3 is 10.8 Å². The molecule has 0 radical (unpaired) electrons. The summed E-state index contributed by atoms with van der Waals surface area (Å²) in [6, 6.07) is 5.15. The van der Waals surface area contributed by atoms with Gasteiger partial charge in [0.2, 0.25) is 0 Å². The Balaban J connectivity index is 2.98. The number of benzene rings is 1. The summed E-state index contributed by atoms with van der Waals surface area (Å²) in [6.07, 6.45) is 0.762. The summed E-state index contributed by atoms with van der Waals surface area (Å²) in [5.74, 6) is -0.925. The van der Waals surface area contributed by atoms with Crippen LogP contribution in [0, 0.1) is 0 Å². The minimum Gasteiger partial charge on any atom is -0.478 e. The van der Waals surface area contributed by atoms with Crippen molar-refractivity contribution in [3.63, 3.8) is 0 Å². The molecule has 1 aromatic rings. The van der Waals surface area contributed by atoms with Crippen LogP contribution in [0.5, 0.6) is 0 Å². The second-order valence-electron chi connectivity index (χ2n) is 2.66. The molecule has 3 N–H and O–H groups in total. The van der Waals surface area contributed by atoms with Gasteiger partial charge in [0, 0.05) is 4.47 Å². The van der Waals surface area contributed by atoms with E-state index >= 15 is 0 Å². The van der Waals surface area contributed by atoms with Gasteiger partial charge in [-0.1, -0.05) is 6.07 Å². The second kappa shape index (κ2) is 4.39. The molecule has 0 bridgehead atoms. The van der Waals surface area contributed by atoms with E-state index in [0.29, 0.717) is 11.0 Å². The number of carboxylic acids is 1. The Hall–Kier alpha value is -0.870. The van der Waals surface area contributed by atoms with E-state index in [2.05, 4.69) is 15.9 Å². The summed E-state index contributed by atoms with van der Waals surface area (Å²) in [7, 11) is 0. The molecule has 0 fully saturated rings. The van der Waals surface area contributed by atoms with Crippen LogP contribution in [0.3, 0.4) is 0 Å². The van der Waals surface area contributed by atoms with Crippen molar-refractivity contribution >= 4 is 21.9 Å². The number of halogens is 1. The zero-order valence-corrected chi connectivity index (χ0v) is 8.54. The van der Waals surface area contributed by atoms with Gasteiger partial charge >= 0.3 is 5.97 Å². The smallest absolute Gasteiger partial charge is 0.336 e. The number of carbonyl (C=O) groups is 1. The Morgan fingerprint density at radius 2 is 2.23 bits per heavy atom. The van der Waals surface area contributed by atoms with Crippen LogP contribution in [0.1, 0.15) is 15.9 Å². The first-order valence-corrected chi connectivity index (χ1v) is 4.66. The molecule has 0 saturated heterocycles. The molecule has 0 unspecified atom stereocenters. The average molecular weight is 244 g/mol. The molecule has 0 atom stereocenters. The predicted molar refractivity (Wildman–Crippen MR) is 53.9 cm³/mol. The van der Waals surface area contributed by atoms with Gasteiger partial charge in [-0.25, -0.2) is 4.79 Å². The maximum Gasteiger partial charge on any atom is 0.336 e. The molecule has 0 aliphatic heterocycles. The van der Waals surface area contributed by atoms with Crippen molar-refractivity contribution in [2.24, 2.45) is 5.73 Å². The third-order valence-corrected chi connectivity index (χ3v) is 2.35. The number of hydrogen-bond acceptors (Lipinski definition) is 2. The second-order valence-corrected chi connectivity index (χ2v) is 3.51. The molecule has 13 heavy (non-hydrogen) atoms. The maximum absolute atomic E-state index is 10.6.